The zero-order valence-electron chi connectivity index (χ0n) is 13.1. The molecule has 5 heteroatoms. The summed E-state index contributed by atoms with van der Waals surface area (Å²) in [5.74, 6) is -0.140. The molecule has 0 aliphatic heterocycles. The molecule has 23 heavy (non-hydrogen) atoms. The minimum atomic E-state index is -0.140. The highest BCUT2D eigenvalue weighted by atomic mass is 16.1. The van der Waals surface area contributed by atoms with Gasteiger partial charge in [-0.05, 0) is 18.2 Å². The first-order chi connectivity index (χ1) is 11.2. The highest BCUT2D eigenvalue weighted by Gasteiger charge is 2.12. The van der Waals surface area contributed by atoms with Gasteiger partial charge < -0.3 is 16.4 Å². The molecule has 1 heterocycles. The Bertz CT molecular complexity index is 724. The summed E-state index contributed by atoms with van der Waals surface area (Å²) in [6, 6.07) is 7.53. The Morgan fingerprint density at radius 3 is 2.74 bits per heavy atom. The molecule has 4 N–H and O–H groups in total. The van der Waals surface area contributed by atoms with Gasteiger partial charge in [0.2, 0.25) is 0 Å². The first-order valence-corrected chi connectivity index (χ1v) is 7.59. The second-order valence-corrected chi connectivity index (χ2v) is 5.04. The lowest BCUT2D eigenvalue weighted by Crippen LogP contribution is -2.33. The van der Waals surface area contributed by atoms with Crippen LogP contribution >= 0.6 is 0 Å². The summed E-state index contributed by atoms with van der Waals surface area (Å²) >= 11 is 0. The molecule has 0 aliphatic carbocycles. The Morgan fingerprint density at radius 1 is 1.22 bits per heavy atom. The summed E-state index contributed by atoms with van der Waals surface area (Å²) in [7, 11) is 0. The van der Waals surface area contributed by atoms with Crippen LogP contribution in [0.2, 0.25) is 0 Å². The highest BCUT2D eigenvalue weighted by molar-refractivity contribution is 6.06. The van der Waals surface area contributed by atoms with E-state index in [1.807, 2.05) is 18.2 Å². The van der Waals surface area contributed by atoms with Gasteiger partial charge in [-0.1, -0.05) is 31.4 Å². The Kier molecular flexibility index (Phi) is 6.02. The fourth-order valence-electron chi connectivity index (χ4n) is 2.33. The average molecular weight is 310 g/mol. The lowest BCUT2D eigenvalue weighted by atomic mass is 10.0. The van der Waals surface area contributed by atoms with E-state index in [2.05, 4.69) is 28.8 Å². The van der Waals surface area contributed by atoms with Crippen molar-refractivity contribution in [3.05, 3.63) is 54.2 Å². The van der Waals surface area contributed by atoms with Crippen LogP contribution in [0.15, 0.2) is 37.4 Å². The number of benzene rings is 1. The van der Waals surface area contributed by atoms with Crippen LogP contribution in [0.25, 0.3) is 23.1 Å². The van der Waals surface area contributed by atoms with Crippen LogP contribution in [-0.2, 0) is 0 Å². The van der Waals surface area contributed by atoms with Crippen LogP contribution in [-0.4, -0.2) is 37.1 Å². The van der Waals surface area contributed by atoms with Crippen molar-refractivity contribution in [2.75, 3.05) is 26.2 Å². The molecule has 2 aromatic rings. The van der Waals surface area contributed by atoms with Gasteiger partial charge in [0, 0.05) is 37.1 Å². The number of carbonyl (C=O) groups is 1. The van der Waals surface area contributed by atoms with Crippen molar-refractivity contribution in [2.24, 2.45) is 5.73 Å². The number of carbonyl (C=O) groups excluding carboxylic acids is 1. The number of nitrogens with two attached hydrogens (primary N) is 1. The molecular formula is C18H22N4O. The van der Waals surface area contributed by atoms with E-state index in [1.165, 1.54) is 0 Å². The monoisotopic (exact) mass is 310 g/mol. The second-order valence-electron chi connectivity index (χ2n) is 5.04. The van der Waals surface area contributed by atoms with Crippen LogP contribution in [0.5, 0.6) is 0 Å². The van der Waals surface area contributed by atoms with Crippen LogP contribution in [0.1, 0.15) is 21.6 Å². The Balaban J connectivity index is 2.24. The molecule has 2 rings (SSSR count). The number of pyridine rings is 1. The van der Waals surface area contributed by atoms with E-state index in [0.29, 0.717) is 30.7 Å². The molecule has 0 aliphatic rings. The van der Waals surface area contributed by atoms with Crippen molar-refractivity contribution in [3.63, 3.8) is 0 Å². The largest absolute Gasteiger partial charge is 0.351 e. The fourth-order valence-corrected chi connectivity index (χ4v) is 2.33. The smallest absolute Gasteiger partial charge is 0.253 e. The van der Waals surface area contributed by atoms with E-state index >= 15 is 0 Å². The quantitative estimate of drug-likeness (QED) is 0.650. The molecule has 1 amide bonds. The molecule has 0 saturated heterocycles. The number of rotatable bonds is 8. The van der Waals surface area contributed by atoms with Gasteiger partial charge >= 0.3 is 0 Å². The molecule has 0 spiro atoms. The van der Waals surface area contributed by atoms with Crippen LogP contribution in [0, 0.1) is 0 Å². The topological polar surface area (TPSA) is 80.0 Å². The van der Waals surface area contributed by atoms with E-state index in [0.717, 1.165) is 23.2 Å². The summed E-state index contributed by atoms with van der Waals surface area (Å²) in [6.07, 6.45) is 3.40. The van der Waals surface area contributed by atoms with Gasteiger partial charge in [-0.3, -0.25) is 4.79 Å². The maximum Gasteiger partial charge on any atom is 0.253 e. The maximum absolute atomic E-state index is 12.4. The van der Waals surface area contributed by atoms with E-state index in [9.17, 15) is 4.79 Å². The number of nitrogens with zero attached hydrogens (tertiary/aromatic N) is 1. The average Bonchev–Trinajstić information content (AvgIpc) is 2.59. The zero-order chi connectivity index (χ0) is 16.7. The molecule has 5 nitrogen and oxygen atoms in total. The third-order valence-electron chi connectivity index (χ3n) is 3.47. The number of nitrogens with one attached hydrogen (secondary N) is 2. The minimum absolute atomic E-state index is 0.140. The lowest BCUT2D eigenvalue weighted by molar-refractivity contribution is 0.0955. The van der Waals surface area contributed by atoms with Gasteiger partial charge in [0.25, 0.3) is 5.91 Å². The molecule has 1 aromatic heterocycles. The molecule has 0 saturated carbocycles. The van der Waals surface area contributed by atoms with E-state index < -0.39 is 0 Å². The van der Waals surface area contributed by atoms with Crippen molar-refractivity contribution in [3.8, 4) is 0 Å². The zero-order valence-corrected chi connectivity index (χ0v) is 13.1. The standard InChI is InChI=1S/C18H22N4O/c1-3-13-12-14-6-5-7-15(17(14)22-16(13)4-2)18(23)21-11-10-20-9-8-19/h3-7,12,20H,1-2,8-11,19H2,(H,21,23). The van der Waals surface area contributed by atoms with Gasteiger partial charge in [-0.2, -0.15) is 0 Å². The van der Waals surface area contributed by atoms with Crippen LogP contribution in [0.3, 0.4) is 0 Å². The number of hydrogen-bond donors (Lipinski definition) is 3. The first-order valence-electron chi connectivity index (χ1n) is 7.59. The van der Waals surface area contributed by atoms with Gasteiger partial charge in [0.05, 0.1) is 16.8 Å². The highest BCUT2D eigenvalue weighted by Crippen LogP contribution is 2.21. The Hall–Kier alpha value is -2.50. The summed E-state index contributed by atoms with van der Waals surface area (Å²) < 4.78 is 0. The number of hydrogen-bond acceptors (Lipinski definition) is 4. The molecule has 1 aromatic carbocycles. The van der Waals surface area contributed by atoms with Crippen molar-refractivity contribution in [1.82, 2.24) is 15.6 Å². The van der Waals surface area contributed by atoms with E-state index in [1.54, 1.807) is 18.2 Å². The molecule has 0 bridgehead atoms. The molecular weight excluding hydrogens is 288 g/mol. The molecule has 0 atom stereocenters. The summed E-state index contributed by atoms with van der Waals surface area (Å²) in [5.41, 5.74) is 8.24. The second kappa shape index (κ2) is 8.22. The van der Waals surface area contributed by atoms with Gasteiger partial charge in [-0.25, -0.2) is 4.98 Å². The number of fused-ring (bicyclic) bond motifs is 1. The van der Waals surface area contributed by atoms with Gasteiger partial charge in [-0.15, -0.1) is 0 Å². The number of amides is 1. The van der Waals surface area contributed by atoms with Gasteiger partial charge in [0.15, 0.2) is 0 Å². The van der Waals surface area contributed by atoms with Crippen molar-refractivity contribution in [2.45, 2.75) is 0 Å². The van der Waals surface area contributed by atoms with Crippen molar-refractivity contribution < 1.29 is 4.79 Å². The summed E-state index contributed by atoms with van der Waals surface area (Å²) in [4.78, 5) is 17.0. The SMILES string of the molecule is C=Cc1cc2cccc(C(=O)NCCNCCN)c2nc1C=C. The lowest BCUT2D eigenvalue weighted by Gasteiger charge is -2.10. The molecule has 0 fully saturated rings. The minimum Gasteiger partial charge on any atom is -0.351 e. The van der Waals surface area contributed by atoms with Crippen molar-refractivity contribution >= 4 is 29.0 Å². The first kappa shape index (κ1) is 16.9. The van der Waals surface area contributed by atoms with Gasteiger partial charge in [0.1, 0.15) is 0 Å². The molecule has 0 unspecified atom stereocenters. The Labute approximate surface area is 136 Å². The normalized spacial score (nSPS) is 10.5. The van der Waals surface area contributed by atoms with Crippen LogP contribution < -0.4 is 16.4 Å². The summed E-state index contributed by atoms with van der Waals surface area (Å²) in [6.45, 7) is 10.1. The number of para-hydroxylation sites is 1. The predicted molar refractivity (Wildman–Crippen MR) is 96.2 cm³/mol. The fraction of sp³-hybridized carbons (Fsp3) is 0.222. The third kappa shape index (κ3) is 4.03. The molecule has 120 valence electrons. The number of aromatic nitrogens is 1. The van der Waals surface area contributed by atoms with E-state index in [4.69, 9.17) is 5.73 Å². The molecule has 0 radical (unpaired) electrons. The van der Waals surface area contributed by atoms with E-state index in [-0.39, 0.29) is 5.91 Å². The Morgan fingerprint density at radius 2 is 2.04 bits per heavy atom. The predicted octanol–water partition coefficient (Wildman–Crippen LogP) is 1.80. The van der Waals surface area contributed by atoms with Crippen molar-refractivity contribution in [1.29, 1.82) is 0 Å². The summed E-state index contributed by atoms with van der Waals surface area (Å²) in [5, 5.41) is 6.92. The van der Waals surface area contributed by atoms with Crippen LogP contribution in [0.4, 0.5) is 0 Å². The third-order valence-corrected chi connectivity index (χ3v) is 3.47. The maximum atomic E-state index is 12.4.